The number of carbonyl (C=O) groups is 1. The van der Waals surface area contributed by atoms with E-state index in [0.29, 0.717) is 15.6 Å². The van der Waals surface area contributed by atoms with Gasteiger partial charge in [-0.15, -0.1) is 0 Å². The van der Waals surface area contributed by atoms with Gasteiger partial charge < -0.3 is 4.74 Å². The Balaban J connectivity index is 2.66. The molecule has 0 fully saturated rings. The van der Waals surface area contributed by atoms with Crippen molar-refractivity contribution in [3.05, 3.63) is 33.8 Å². The van der Waals surface area contributed by atoms with Crippen LogP contribution in [0.5, 0.6) is 0 Å². The van der Waals surface area contributed by atoms with Gasteiger partial charge in [0.25, 0.3) is 5.91 Å². The fraction of sp³-hybridized carbons (Fsp3) is 0.200. The minimum Gasteiger partial charge on any atom is -0.375 e. The highest BCUT2D eigenvalue weighted by atomic mass is 35.5. The lowest BCUT2D eigenvalue weighted by Gasteiger charge is -2.00. The van der Waals surface area contributed by atoms with E-state index in [9.17, 15) is 4.79 Å². The number of halogens is 2. The average Bonchev–Trinajstić information content (AvgIpc) is 2.23. The van der Waals surface area contributed by atoms with Gasteiger partial charge in [-0.1, -0.05) is 29.3 Å². The lowest BCUT2D eigenvalue weighted by molar-refractivity contribution is -0.124. The molecule has 0 heterocycles. The Bertz CT molecular complexity index is 388. The van der Waals surface area contributed by atoms with E-state index in [-0.39, 0.29) is 12.5 Å². The van der Waals surface area contributed by atoms with Crippen LogP contribution in [0.3, 0.4) is 0 Å². The predicted octanol–water partition coefficient (Wildman–Crippen LogP) is 2.09. The molecule has 16 heavy (non-hydrogen) atoms. The number of ether oxygens (including phenoxy) is 1. The summed E-state index contributed by atoms with van der Waals surface area (Å²) in [4.78, 5) is 11.0. The molecule has 0 atom stereocenters. The molecule has 1 N–H and O–H groups in total. The Morgan fingerprint density at radius 1 is 1.50 bits per heavy atom. The zero-order chi connectivity index (χ0) is 12.0. The van der Waals surface area contributed by atoms with Gasteiger partial charge >= 0.3 is 0 Å². The van der Waals surface area contributed by atoms with Crippen LogP contribution in [0.25, 0.3) is 0 Å². The van der Waals surface area contributed by atoms with Crippen molar-refractivity contribution in [1.29, 1.82) is 0 Å². The number of methoxy groups -OCH3 is 1. The molecule has 0 aromatic heterocycles. The highest BCUT2D eigenvalue weighted by Crippen LogP contribution is 2.21. The van der Waals surface area contributed by atoms with Crippen LogP contribution in [0.4, 0.5) is 0 Å². The van der Waals surface area contributed by atoms with Gasteiger partial charge in [0.15, 0.2) is 0 Å². The topological polar surface area (TPSA) is 50.7 Å². The summed E-state index contributed by atoms with van der Waals surface area (Å²) in [5, 5.41) is 4.65. The van der Waals surface area contributed by atoms with Crippen LogP contribution < -0.4 is 5.43 Å². The summed E-state index contributed by atoms with van der Waals surface area (Å²) in [5.41, 5.74) is 2.83. The second-order valence-corrected chi connectivity index (χ2v) is 3.68. The number of carbonyl (C=O) groups excluding carboxylic acids is 1. The molecule has 0 bridgehead atoms. The van der Waals surface area contributed by atoms with Crippen LogP contribution in [0.2, 0.25) is 10.0 Å². The molecule has 6 heteroatoms. The van der Waals surface area contributed by atoms with Crippen molar-refractivity contribution in [2.45, 2.75) is 0 Å². The standard InChI is InChI=1S/C10H10Cl2N2O2/c1-16-6-10(15)14-13-5-7-8(11)3-2-4-9(7)12/h2-5H,6H2,1H3,(H,14,15)/b13-5+. The fourth-order valence-corrected chi connectivity index (χ4v) is 1.46. The quantitative estimate of drug-likeness (QED) is 0.666. The first-order valence-electron chi connectivity index (χ1n) is 4.40. The van der Waals surface area contributed by atoms with Gasteiger partial charge in [0.05, 0.1) is 16.3 Å². The van der Waals surface area contributed by atoms with Crippen molar-refractivity contribution >= 4 is 35.3 Å². The van der Waals surface area contributed by atoms with Gasteiger partial charge in [0.2, 0.25) is 0 Å². The van der Waals surface area contributed by atoms with Crippen LogP contribution in [0.15, 0.2) is 23.3 Å². The molecule has 0 saturated carbocycles. The minimum atomic E-state index is -0.345. The van der Waals surface area contributed by atoms with E-state index in [4.69, 9.17) is 23.2 Å². The van der Waals surface area contributed by atoms with Gasteiger partial charge in [0.1, 0.15) is 6.61 Å². The highest BCUT2D eigenvalue weighted by Gasteiger charge is 2.02. The molecular formula is C10H10Cl2N2O2. The molecule has 1 aromatic carbocycles. The summed E-state index contributed by atoms with van der Waals surface area (Å²) in [6, 6.07) is 5.10. The van der Waals surface area contributed by atoms with Crippen molar-refractivity contribution in [2.75, 3.05) is 13.7 Å². The zero-order valence-corrected chi connectivity index (χ0v) is 10.0. The Hall–Kier alpha value is -1.10. The van der Waals surface area contributed by atoms with Crippen LogP contribution in [-0.2, 0) is 9.53 Å². The maximum Gasteiger partial charge on any atom is 0.266 e. The van der Waals surface area contributed by atoms with Gasteiger partial charge in [-0.3, -0.25) is 4.79 Å². The second-order valence-electron chi connectivity index (χ2n) is 2.86. The second kappa shape index (κ2) is 6.48. The van der Waals surface area contributed by atoms with Gasteiger partial charge in [-0.05, 0) is 12.1 Å². The van der Waals surface area contributed by atoms with E-state index in [2.05, 4.69) is 15.3 Å². The molecule has 4 nitrogen and oxygen atoms in total. The van der Waals surface area contributed by atoms with E-state index >= 15 is 0 Å². The van der Waals surface area contributed by atoms with Crippen LogP contribution in [0.1, 0.15) is 5.56 Å². The molecule has 0 radical (unpaired) electrons. The van der Waals surface area contributed by atoms with Crippen LogP contribution in [-0.4, -0.2) is 25.8 Å². The minimum absolute atomic E-state index is 0.0480. The van der Waals surface area contributed by atoms with E-state index in [1.165, 1.54) is 13.3 Å². The smallest absolute Gasteiger partial charge is 0.266 e. The van der Waals surface area contributed by atoms with E-state index in [1.54, 1.807) is 18.2 Å². The Kier molecular flexibility index (Phi) is 5.25. The molecule has 1 aromatic rings. The molecular weight excluding hydrogens is 251 g/mol. The average molecular weight is 261 g/mol. The molecule has 0 aliphatic rings. The fourth-order valence-electron chi connectivity index (χ4n) is 0.966. The van der Waals surface area contributed by atoms with Crippen molar-refractivity contribution in [2.24, 2.45) is 5.10 Å². The Morgan fingerprint density at radius 3 is 2.69 bits per heavy atom. The number of benzene rings is 1. The third-order valence-corrected chi connectivity index (χ3v) is 2.32. The number of hydrazone groups is 1. The number of hydrogen-bond donors (Lipinski definition) is 1. The molecule has 86 valence electrons. The SMILES string of the molecule is COCC(=O)N/N=C/c1c(Cl)cccc1Cl. The molecule has 1 amide bonds. The first-order valence-corrected chi connectivity index (χ1v) is 5.15. The van der Waals surface area contributed by atoms with Crippen molar-refractivity contribution in [1.82, 2.24) is 5.43 Å². The predicted molar refractivity (Wildman–Crippen MR) is 64.1 cm³/mol. The summed E-state index contributed by atoms with van der Waals surface area (Å²) in [6.07, 6.45) is 1.39. The first kappa shape index (κ1) is 13.0. The summed E-state index contributed by atoms with van der Waals surface area (Å²) in [7, 11) is 1.42. The van der Waals surface area contributed by atoms with Gasteiger partial charge in [0, 0.05) is 12.7 Å². The van der Waals surface area contributed by atoms with E-state index in [0.717, 1.165) is 0 Å². The number of nitrogens with zero attached hydrogens (tertiary/aromatic N) is 1. The molecule has 0 spiro atoms. The van der Waals surface area contributed by atoms with Crippen molar-refractivity contribution < 1.29 is 9.53 Å². The van der Waals surface area contributed by atoms with Crippen molar-refractivity contribution in [3.8, 4) is 0 Å². The molecule has 0 saturated heterocycles. The number of rotatable bonds is 4. The largest absolute Gasteiger partial charge is 0.375 e. The normalized spacial score (nSPS) is 10.7. The molecule has 0 unspecified atom stereocenters. The van der Waals surface area contributed by atoms with E-state index < -0.39 is 0 Å². The number of amides is 1. The van der Waals surface area contributed by atoms with Gasteiger partial charge in [-0.25, -0.2) is 5.43 Å². The van der Waals surface area contributed by atoms with Crippen molar-refractivity contribution in [3.63, 3.8) is 0 Å². The number of nitrogens with one attached hydrogen (secondary N) is 1. The maximum atomic E-state index is 11.0. The summed E-state index contributed by atoms with van der Waals surface area (Å²) in [6.45, 7) is -0.0480. The highest BCUT2D eigenvalue weighted by molar-refractivity contribution is 6.38. The van der Waals surface area contributed by atoms with Gasteiger partial charge in [-0.2, -0.15) is 5.10 Å². The van der Waals surface area contributed by atoms with E-state index in [1.807, 2.05) is 0 Å². The Labute approximate surface area is 103 Å². The van der Waals surface area contributed by atoms with Crippen LogP contribution >= 0.6 is 23.2 Å². The molecule has 0 aliphatic heterocycles. The third kappa shape index (κ3) is 3.81. The maximum absolute atomic E-state index is 11.0. The first-order chi connectivity index (χ1) is 7.65. The monoisotopic (exact) mass is 260 g/mol. The molecule has 1 rings (SSSR count). The lowest BCUT2D eigenvalue weighted by atomic mass is 10.2. The molecule has 0 aliphatic carbocycles. The van der Waals surface area contributed by atoms with Crippen LogP contribution in [0, 0.1) is 0 Å². The number of hydrogen-bond acceptors (Lipinski definition) is 3. The Morgan fingerprint density at radius 2 is 2.12 bits per heavy atom. The lowest BCUT2D eigenvalue weighted by Crippen LogP contribution is -2.22. The third-order valence-electron chi connectivity index (χ3n) is 1.66. The summed E-state index contributed by atoms with van der Waals surface area (Å²) >= 11 is 11.8. The summed E-state index contributed by atoms with van der Waals surface area (Å²) < 4.78 is 4.62. The zero-order valence-electron chi connectivity index (χ0n) is 8.54. The summed E-state index contributed by atoms with van der Waals surface area (Å²) in [5.74, 6) is -0.345.